The van der Waals surface area contributed by atoms with Gasteiger partial charge in [-0.15, -0.1) is 11.3 Å². The molecule has 0 saturated carbocycles. The van der Waals surface area contributed by atoms with Crippen molar-refractivity contribution in [1.82, 2.24) is 15.0 Å². The van der Waals surface area contributed by atoms with Gasteiger partial charge in [-0.2, -0.15) is 0 Å². The molecule has 0 spiro atoms. The van der Waals surface area contributed by atoms with Crippen molar-refractivity contribution in [2.75, 3.05) is 0 Å². The van der Waals surface area contributed by atoms with Crippen LogP contribution in [-0.2, 0) is 0 Å². The Morgan fingerprint density at radius 1 is 0.340 bits per heavy atom. The fourth-order valence-corrected chi connectivity index (χ4v) is 7.65. The lowest BCUT2D eigenvalue weighted by atomic mass is 9.96. The fourth-order valence-electron chi connectivity index (χ4n) is 6.43. The largest absolute Gasteiger partial charge is 0.208 e. The van der Waals surface area contributed by atoms with E-state index in [4.69, 9.17) is 15.0 Å². The van der Waals surface area contributed by atoms with Gasteiger partial charge in [-0.3, -0.25) is 0 Å². The third-order valence-electron chi connectivity index (χ3n) is 8.72. The maximum Gasteiger partial charge on any atom is 0.164 e. The van der Waals surface area contributed by atoms with E-state index in [0.29, 0.717) is 17.5 Å². The predicted octanol–water partition coefficient (Wildman–Crippen LogP) is 11.7. The van der Waals surface area contributed by atoms with E-state index in [-0.39, 0.29) is 0 Å². The van der Waals surface area contributed by atoms with Crippen LogP contribution in [-0.4, -0.2) is 15.0 Å². The monoisotopic (exact) mass is 617 g/mol. The summed E-state index contributed by atoms with van der Waals surface area (Å²) < 4.78 is 2.52. The molecule has 0 bridgehead atoms. The van der Waals surface area contributed by atoms with Crippen LogP contribution in [0.4, 0.5) is 0 Å². The Morgan fingerprint density at radius 2 is 0.936 bits per heavy atom. The van der Waals surface area contributed by atoms with Gasteiger partial charge in [-0.1, -0.05) is 140 Å². The maximum absolute atomic E-state index is 5.20. The summed E-state index contributed by atoms with van der Waals surface area (Å²) in [4.78, 5) is 15.4. The third kappa shape index (κ3) is 4.96. The van der Waals surface area contributed by atoms with Crippen LogP contribution in [0.2, 0.25) is 0 Å². The number of thiophene rings is 1. The van der Waals surface area contributed by atoms with E-state index in [1.165, 1.54) is 36.9 Å². The number of fused-ring (bicyclic) bond motifs is 4. The topological polar surface area (TPSA) is 38.7 Å². The van der Waals surface area contributed by atoms with Crippen molar-refractivity contribution in [3.63, 3.8) is 0 Å². The van der Waals surface area contributed by atoms with Gasteiger partial charge in [0.15, 0.2) is 17.5 Å². The molecular formula is C43H27N3S. The van der Waals surface area contributed by atoms with Crippen molar-refractivity contribution < 1.29 is 0 Å². The molecule has 220 valence electrons. The van der Waals surface area contributed by atoms with Gasteiger partial charge in [0.05, 0.1) is 0 Å². The van der Waals surface area contributed by atoms with E-state index in [9.17, 15) is 0 Å². The average molecular weight is 618 g/mol. The van der Waals surface area contributed by atoms with Crippen LogP contribution in [0, 0.1) is 0 Å². The molecule has 47 heavy (non-hydrogen) atoms. The summed E-state index contributed by atoms with van der Waals surface area (Å²) in [5, 5.41) is 4.71. The molecule has 3 nitrogen and oxygen atoms in total. The molecule has 2 aromatic heterocycles. The molecule has 0 amide bonds. The molecule has 0 N–H and O–H groups in total. The molecule has 9 aromatic rings. The summed E-state index contributed by atoms with van der Waals surface area (Å²) in [7, 11) is 0. The van der Waals surface area contributed by atoms with Gasteiger partial charge < -0.3 is 0 Å². The average Bonchev–Trinajstić information content (AvgIpc) is 3.53. The number of nitrogens with zero attached hydrogens (tertiary/aromatic N) is 3. The van der Waals surface area contributed by atoms with Crippen LogP contribution in [0.3, 0.4) is 0 Å². The van der Waals surface area contributed by atoms with Gasteiger partial charge in [-0.05, 0) is 51.7 Å². The lowest BCUT2D eigenvalue weighted by molar-refractivity contribution is 1.08. The van der Waals surface area contributed by atoms with Crippen molar-refractivity contribution in [2.24, 2.45) is 0 Å². The van der Waals surface area contributed by atoms with Crippen molar-refractivity contribution in [3.8, 4) is 56.4 Å². The summed E-state index contributed by atoms with van der Waals surface area (Å²) in [5.41, 5.74) is 7.62. The Morgan fingerprint density at radius 3 is 1.77 bits per heavy atom. The quantitative estimate of drug-likeness (QED) is 0.193. The minimum absolute atomic E-state index is 0.652. The Kier molecular flexibility index (Phi) is 6.65. The second-order valence-electron chi connectivity index (χ2n) is 11.6. The minimum Gasteiger partial charge on any atom is -0.208 e. The van der Waals surface area contributed by atoms with Crippen LogP contribution < -0.4 is 0 Å². The van der Waals surface area contributed by atoms with Crippen LogP contribution in [0.15, 0.2) is 164 Å². The molecule has 9 rings (SSSR count). The number of rotatable bonds is 5. The smallest absolute Gasteiger partial charge is 0.164 e. The van der Waals surface area contributed by atoms with Gasteiger partial charge in [0.2, 0.25) is 0 Å². The Labute approximate surface area is 276 Å². The van der Waals surface area contributed by atoms with E-state index in [0.717, 1.165) is 33.0 Å². The molecule has 0 radical (unpaired) electrons. The Balaban J connectivity index is 1.31. The second-order valence-corrected chi connectivity index (χ2v) is 12.7. The van der Waals surface area contributed by atoms with Crippen LogP contribution in [0.25, 0.3) is 87.4 Å². The summed E-state index contributed by atoms with van der Waals surface area (Å²) in [5.74, 6) is 1.97. The highest BCUT2D eigenvalue weighted by Gasteiger charge is 2.18. The lowest BCUT2D eigenvalue weighted by Gasteiger charge is -2.12. The van der Waals surface area contributed by atoms with Gasteiger partial charge >= 0.3 is 0 Å². The van der Waals surface area contributed by atoms with E-state index >= 15 is 0 Å². The molecule has 0 fully saturated rings. The van der Waals surface area contributed by atoms with Crippen molar-refractivity contribution in [2.45, 2.75) is 0 Å². The first-order valence-corrected chi connectivity index (χ1v) is 16.5. The molecule has 0 aliphatic rings. The van der Waals surface area contributed by atoms with Gasteiger partial charge in [0.1, 0.15) is 0 Å². The number of aromatic nitrogens is 3. The van der Waals surface area contributed by atoms with Gasteiger partial charge in [-0.25, -0.2) is 15.0 Å². The zero-order chi connectivity index (χ0) is 31.2. The maximum atomic E-state index is 5.20. The van der Waals surface area contributed by atoms with E-state index in [1.807, 2.05) is 29.5 Å². The highest BCUT2D eigenvalue weighted by Crippen LogP contribution is 2.43. The molecular weight excluding hydrogens is 591 g/mol. The minimum atomic E-state index is 0.652. The first kappa shape index (κ1) is 27.3. The summed E-state index contributed by atoms with van der Waals surface area (Å²) in [6.45, 7) is 0. The number of hydrogen-bond acceptors (Lipinski definition) is 4. The Bertz CT molecular complexity index is 2570. The Hall–Kier alpha value is -5.97. The predicted molar refractivity (Wildman–Crippen MR) is 197 cm³/mol. The summed E-state index contributed by atoms with van der Waals surface area (Å²) in [6.07, 6.45) is 0. The molecule has 0 aliphatic carbocycles. The van der Waals surface area contributed by atoms with E-state index < -0.39 is 0 Å². The van der Waals surface area contributed by atoms with Gasteiger partial charge in [0, 0.05) is 42.4 Å². The summed E-state index contributed by atoms with van der Waals surface area (Å²) in [6, 6.07) is 57.5. The highest BCUT2D eigenvalue weighted by atomic mass is 32.1. The van der Waals surface area contributed by atoms with Crippen molar-refractivity contribution in [1.29, 1.82) is 0 Å². The molecule has 0 saturated heterocycles. The van der Waals surface area contributed by atoms with E-state index in [2.05, 4.69) is 146 Å². The van der Waals surface area contributed by atoms with E-state index in [1.54, 1.807) is 0 Å². The molecule has 2 heterocycles. The molecule has 0 aliphatic heterocycles. The fraction of sp³-hybridized carbons (Fsp3) is 0. The normalized spacial score (nSPS) is 11.4. The molecule has 0 unspecified atom stereocenters. The summed E-state index contributed by atoms with van der Waals surface area (Å²) >= 11 is 1.84. The molecule has 7 aromatic carbocycles. The first-order valence-electron chi connectivity index (χ1n) is 15.7. The first-order chi connectivity index (χ1) is 23.3. The SMILES string of the molecule is c1ccc(-c2cccc(-c3cc(-c4nc(-c5ccccc5)nc(-c5cccc6ccccc56)n4)cc4c3sc3ccccc34)c2)cc1. The number of benzene rings is 7. The van der Waals surface area contributed by atoms with Crippen molar-refractivity contribution >= 4 is 42.3 Å². The molecule has 0 atom stereocenters. The van der Waals surface area contributed by atoms with Crippen molar-refractivity contribution in [3.05, 3.63) is 164 Å². The zero-order valence-electron chi connectivity index (χ0n) is 25.3. The zero-order valence-corrected chi connectivity index (χ0v) is 26.2. The van der Waals surface area contributed by atoms with Crippen LogP contribution in [0.5, 0.6) is 0 Å². The third-order valence-corrected chi connectivity index (χ3v) is 9.93. The number of hydrogen-bond donors (Lipinski definition) is 0. The van der Waals surface area contributed by atoms with Gasteiger partial charge in [0.25, 0.3) is 0 Å². The highest BCUT2D eigenvalue weighted by molar-refractivity contribution is 7.26. The molecule has 4 heteroatoms. The van der Waals surface area contributed by atoms with Crippen LogP contribution >= 0.6 is 11.3 Å². The standard InChI is InChI=1S/C43H27N3S/c1-3-13-28(14-4-1)31-19-11-20-32(25-31)37-26-33(27-38-35-22-9-10-24-39(35)47-40(37)38)42-44-41(30-16-5-2-6-17-30)45-43(46-42)36-23-12-18-29-15-7-8-21-34(29)36/h1-27H. The lowest BCUT2D eigenvalue weighted by Crippen LogP contribution is -2.00. The second kappa shape index (κ2) is 11.4. The van der Waals surface area contributed by atoms with Crippen LogP contribution in [0.1, 0.15) is 0 Å².